The summed E-state index contributed by atoms with van der Waals surface area (Å²) in [6.45, 7) is 40.3. The van der Waals surface area contributed by atoms with Crippen molar-refractivity contribution in [2.45, 2.75) is 244 Å². The molecule has 34 nitrogen and oxygen atoms in total. The molecular formula is C88H128N8O26S4. The summed E-state index contributed by atoms with van der Waals surface area (Å²) in [5.74, 6) is -1.38. The van der Waals surface area contributed by atoms with Crippen LogP contribution >= 0.6 is 0 Å². The number of nitrogens with zero attached hydrogens (tertiary/aromatic N) is 7. The summed E-state index contributed by atoms with van der Waals surface area (Å²) >= 11 is 0. The van der Waals surface area contributed by atoms with Crippen molar-refractivity contribution in [2.75, 3.05) is 101 Å². The molecule has 0 amide bonds. The number of aliphatic carboxylic acids is 1. The van der Waals surface area contributed by atoms with Crippen LogP contribution < -0.4 is 18.9 Å². The monoisotopic (exact) mass is 1840 g/mol. The first-order valence-electron chi connectivity index (χ1n) is 41.7. The molecule has 9 heterocycles. The van der Waals surface area contributed by atoms with Crippen molar-refractivity contribution >= 4 is 88.2 Å². The molecular weight excluding hydrogens is 1710 g/mol. The van der Waals surface area contributed by atoms with Crippen LogP contribution in [0.2, 0.25) is 0 Å². The van der Waals surface area contributed by atoms with Gasteiger partial charge in [-0.2, -0.15) is 23.6 Å². The second kappa shape index (κ2) is 39.9. The van der Waals surface area contributed by atoms with E-state index >= 15 is 0 Å². The highest BCUT2D eigenvalue weighted by atomic mass is 32.2. The number of carboxylic acid groups (broad SMARTS) is 1. The summed E-state index contributed by atoms with van der Waals surface area (Å²) in [5, 5.41) is 65.9. The molecule has 0 aromatic heterocycles. The van der Waals surface area contributed by atoms with E-state index in [1.807, 2.05) is 60.6 Å². The van der Waals surface area contributed by atoms with Crippen molar-refractivity contribution in [1.29, 1.82) is 5.53 Å². The first-order valence-corrected chi connectivity index (χ1v) is 47.6. The van der Waals surface area contributed by atoms with Gasteiger partial charge in [0.15, 0.2) is 0 Å². The lowest BCUT2D eigenvalue weighted by molar-refractivity contribution is -0.147. The highest BCUT2D eigenvalue weighted by Gasteiger charge is 2.52. The summed E-state index contributed by atoms with van der Waals surface area (Å²) in [6, 6.07) is 13.8. The third-order valence-electron chi connectivity index (χ3n) is 24.6. The first kappa shape index (κ1) is 105. The lowest BCUT2D eigenvalue weighted by Gasteiger charge is -2.27. The van der Waals surface area contributed by atoms with E-state index in [2.05, 4.69) is 15.6 Å². The summed E-state index contributed by atoms with van der Waals surface area (Å²) in [5.41, 5.74) is 5.50. The van der Waals surface area contributed by atoms with Crippen LogP contribution in [0, 0.1) is 5.53 Å². The number of esters is 4. The SMILES string of the molecule is C1CCOC1.CCN1CC/C(=C\c2cc(C(C)(C)C(=O)O)c3c(c2)C(C)(C)C(O)O3)S1(=O)=O.CCN1CC/C(=C\c2cc(C(C)(C)C(=O)OC)c3c(c2)C(C)(C)C(=O)O3)S1(=O)=O.CCN1CC/C(=C\c2cc(C(C)(C)CO)c3c(c2)C(C)(C)C(O)O3)S1(=O)=O.CCN1CC[C@@H]([C@H](O)c2cc(C(C)(C)C(=O)OC)c3c(c2)C(C)(C)C(=O)O3)S1(=O)=O.CN=NN=N.CO. The van der Waals surface area contributed by atoms with Crippen molar-refractivity contribution < 1.29 is 121 Å². The van der Waals surface area contributed by atoms with E-state index in [1.165, 1.54) is 51.3 Å². The summed E-state index contributed by atoms with van der Waals surface area (Å²) in [4.78, 5) is 62.8. The number of hydrogen-bond donors (Lipinski definition) is 7. The minimum absolute atomic E-state index is 0.0960. The second-order valence-corrected chi connectivity index (χ2v) is 44.1. The van der Waals surface area contributed by atoms with E-state index < -0.39 is 137 Å². The molecule has 0 saturated carbocycles. The van der Waals surface area contributed by atoms with E-state index in [9.17, 15) is 83.2 Å². The van der Waals surface area contributed by atoms with Crippen LogP contribution in [0.1, 0.15) is 250 Å². The number of rotatable bonds is 18. The number of methoxy groups -OCH3 is 2. The highest BCUT2D eigenvalue weighted by Crippen LogP contribution is 2.53. The smallest absolute Gasteiger partial charge is 0.321 e. The lowest BCUT2D eigenvalue weighted by atomic mass is 9.77. The Morgan fingerprint density at radius 3 is 1.20 bits per heavy atom. The minimum atomic E-state index is -3.65. The van der Waals surface area contributed by atoms with E-state index in [0.29, 0.717) is 160 Å². The number of aliphatic hydroxyl groups excluding tert-OH is 5. The Morgan fingerprint density at radius 1 is 0.540 bits per heavy atom. The molecule has 0 radical (unpaired) electrons. The van der Waals surface area contributed by atoms with E-state index in [1.54, 1.807) is 145 Å². The van der Waals surface area contributed by atoms with Crippen LogP contribution in [0.15, 0.2) is 78.8 Å². The molecule has 0 spiro atoms. The maximum atomic E-state index is 12.8. The van der Waals surface area contributed by atoms with Crippen LogP contribution in [0.5, 0.6) is 23.0 Å². The van der Waals surface area contributed by atoms with Gasteiger partial charge in [-0.15, -0.1) is 0 Å². The molecule has 7 N–H and O–H groups in total. The fourth-order valence-electron chi connectivity index (χ4n) is 15.8. The lowest BCUT2D eigenvalue weighted by Crippen LogP contribution is -2.33. The fraction of sp³-hybridized carbons (Fsp3) is 0.602. The van der Waals surface area contributed by atoms with Crippen LogP contribution in [-0.4, -0.2) is 230 Å². The average Bonchev–Trinajstić information content (AvgIpc) is 1.58. The maximum absolute atomic E-state index is 12.8. The molecule has 4 aromatic rings. The quantitative estimate of drug-likeness (QED) is 0.0210. The predicted octanol–water partition coefficient (Wildman–Crippen LogP) is 10.7. The molecule has 126 heavy (non-hydrogen) atoms. The molecule has 38 heteroatoms. The Labute approximate surface area is 741 Å². The zero-order valence-corrected chi connectivity index (χ0v) is 80.1. The number of aliphatic hydroxyl groups is 5. The zero-order valence-electron chi connectivity index (χ0n) is 76.8. The molecule has 700 valence electrons. The van der Waals surface area contributed by atoms with Gasteiger partial charge in [0, 0.05) is 123 Å². The molecule has 13 rings (SSSR count). The number of nitrogens with one attached hydrogen (secondary N) is 1. The summed E-state index contributed by atoms with van der Waals surface area (Å²) in [7, 11) is -9.04. The number of carboxylic acids is 1. The number of hydrogen-bond acceptors (Lipinski definition) is 27. The number of carbonyl (C=O) groups excluding carboxylic acids is 4. The normalized spacial score (nSPS) is 23.1. The number of ether oxygens (including phenoxy) is 7. The number of fused-ring (bicyclic) bond motifs is 4. The van der Waals surface area contributed by atoms with E-state index in [-0.39, 0.29) is 12.4 Å². The van der Waals surface area contributed by atoms with Crippen LogP contribution in [-0.2, 0) is 122 Å². The van der Waals surface area contributed by atoms with Gasteiger partial charge in [-0.1, -0.05) is 41.5 Å². The van der Waals surface area contributed by atoms with E-state index in [0.717, 1.165) is 37.0 Å². The summed E-state index contributed by atoms with van der Waals surface area (Å²) in [6.07, 6.45) is 5.69. The fourth-order valence-corrected chi connectivity index (χ4v) is 22.7. The van der Waals surface area contributed by atoms with Crippen molar-refractivity contribution in [3.63, 3.8) is 0 Å². The highest BCUT2D eigenvalue weighted by molar-refractivity contribution is 7.94. The molecule has 9 aliphatic rings. The van der Waals surface area contributed by atoms with Crippen molar-refractivity contribution in [3.8, 4) is 23.0 Å². The molecule has 9 aliphatic heterocycles. The molecule has 0 aliphatic carbocycles. The number of sulfonamides is 4. The zero-order chi connectivity index (χ0) is 95.3. The molecule has 4 atom stereocenters. The first-order chi connectivity index (χ1) is 58.3. The van der Waals surface area contributed by atoms with Gasteiger partial charge < -0.3 is 63.8 Å². The van der Waals surface area contributed by atoms with Gasteiger partial charge in [0.05, 0.1) is 86.6 Å². The van der Waals surface area contributed by atoms with Gasteiger partial charge in [0.25, 0.3) is 0 Å². The van der Waals surface area contributed by atoms with Crippen LogP contribution in [0.25, 0.3) is 18.2 Å². The van der Waals surface area contributed by atoms with Gasteiger partial charge in [0.1, 0.15) is 28.2 Å². The van der Waals surface area contributed by atoms with Crippen molar-refractivity contribution in [3.05, 3.63) is 130 Å². The van der Waals surface area contributed by atoms with E-state index in [4.69, 9.17) is 43.8 Å². The molecule has 4 aromatic carbocycles. The summed E-state index contributed by atoms with van der Waals surface area (Å²) < 4.78 is 144. The van der Waals surface area contributed by atoms with Gasteiger partial charge in [0.2, 0.25) is 52.7 Å². The van der Waals surface area contributed by atoms with Gasteiger partial charge in [-0.05, 0) is 235 Å². The molecule has 2 unspecified atom stereocenters. The molecule has 5 fully saturated rings. The van der Waals surface area contributed by atoms with Crippen molar-refractivity contribution in [1.82, 2.24) is 17.2 Å². The number of benzene rings is 4. The average molecular weight is 1840 g/mol. The Bertz CT molecular complexity index is 5390. The second-order valence-electron chi connectivity index (χ2n) is 36.0. The number of carbonyl (C=O) groups is 5. The van der Waals surface area contributed by atoms with Crippen LogP contribution in [0.4, 0.5) is 0 Å². The van der Waals surface area contributed by atoms with Gasteiger partial charge >= 0.3 is 29.8 Å². The molecule has 5 saturated heterocycles. The maximum Gasteiger partial charge on any atom is 0.321 e. The third-order valence-corrected chi connectivity index (χ3v) is 33.4. The topological polar surface area (TPSA) is 482 Å². The predicted molar refractivity (Wildman–Crippen MR) is 473 cm³/mol. The largest absolute Gasteiger partial charge is 0.481 e. The standard InChI is InChI=1S/C21H29NO7S.C21H27NO6S.C20H27NO6S.C20H29NO5S.C4H8O.CH4N4.CH4O/c1-7-22-9-8-15(30(22,26)27)16(23)12-10-13(20(2,3)18(24)28-6)17-14(11-12)21(4,5)19(25)29-17;1-7-22-9-8-14(29(22,25)26)10-13-11-15(20(2,3)18(23)27-6)17-16(12-13)21(4,5)19(24)28-17;1-6-21-8-7-13(28(21,25)26)9-12-10-14(19(2,3)17(22)23)16-15(11-12)20(4,5)18(24)27-16;1-6-21-8-7-14(27(21,24)25)9-13-10-15(19(2,3)12-22)17-16(11-13)20(4,5)18(23)26-17;1-2-4-5-3-1;1-3-5-4-2;1-2/h10-11,15-16,23H,7-9H2,1-6H3;10-12H,7-9H2,1-6H3;9-11,18,24H,6-8H2,1-5H3,(H,22,23);9-11,18,22-23H,6-8,12H2,1-5H3;1-4H2;2H,1H3;2H,1H3/b;14-10+;13-9+;14-9+;;;/t15-,16+;;;;;;/m0....../s1. The Balaban J connectivity index is 0.000000220. The Morgan fingerprint density at radius 2 is 0.889 bits per heavy atom. The minimum Gasteiger partial charge on any atom is -0.481 e. The molecule has 0 bridgehead atoms. The van der Waals surface area contributed by atoms with Gasteiger partial charge in [-0.25, -0.2) is 38.0 Å². The third kappa shape index (κ3) is 20.6. The van der Waals surface area contributed by atoms with Gasteiger partial charge in [-0.3, -0.25) is 24.0 Å². The Kier molecular flexibility index (Phi) is 33.2. The van der Waals surface area contributed by atoms with Crippen molar-refractivity contribution in [2.24, 2.45) is 15.6 Å². The van der Waals surface area contributed by atoms with Crippen LogP contribution in [0.3, 0.4) is 0 Å². The Hall–Kier alpha value is -8.35.